The third kappa shape index (κ3) is 5.33. The molecule has 274 valence electrons. The van der Waals surface area contributed by atoms with Crippen molar-refractivity contribution >= 4 is 44.4 Å². The monoisotopic (exact) mass is 740 g/mol. The minimum Gasteiger partial charge on any atom is -0.310 e. The van der Waals surface area contributed by atoms with E-state index in [0.29, 0.717) is 0 Å². The fraction of sp³-hybridized carbons (Fsp3) is 0.0357. The van der Waals surface area contributed by atoms with Gasteiger partial charge in [0, 0.05) is 27.8 Å². The van der Waals surface area contributed by atoms with Gasteiger partial charge in [-0.25, -0.2) is 0 Å². The van der Waals surface area contributed by atoms with Crippen LogP contribution >= 0.6 is 0 Å². The highest BCUT2D eigenvalue weighted by molar-refractivity contribution is 6.13. The lowest BCUT2D eigenvalue weighted by atomic mass is 9.63. The van der Waals surface area contributed by atoms with Crippen LogP contribution in [0, 0.1) is 0 Å². The van der Waals surface area contributed by atoms with Gasteiger partial charge in [0.15, 0.2) is 0 Å². The maximum absolute atomic E-state index is 2.51. The van der Waals surface area contributed by atoms with Gasteiger partial charge in [0.05, 0.1) is 22.1 Å². The van der Waals surface area contributed by atoms with Crippen molar-refractivity contribution in [3.8, 4) is 16.8 Å². The summed E-state index contributed by atoms with van der Waals surface area (Å²) in [6.45, 7) is 0. The summed E-state index contributed by atoms with van der Waals surface area (Å²) in [5, 5.41) is 2.47. The van der Waals surface area contributed by atoms with Gasteiger partial charge in [0.25, 0.3) is 0 Å². The van der Waals surface area contributed by atoms with Crippen LogP contribution < -0.4 is 4.90 Å². The Bertz CT molecular complexity index is 3000. The molecule has 8 aromatic carbocycles. The Morgan fingerprint density at radius 1 is 0.448 bits per heavy atom. The van der Waals surface area contributed by atoms with E-state index in [4.69, 9.17) is 0 Å². The maximum Gasteiger partial charge on any atom is 0.0742 e. The van der Waals surface area contributed by atoms with Gasteiger partial charge in [-0.1, -0.05) is 182 Å². The lowest BCUT2D eigenvalue weighted by Gasteiger charge is -2.41. The van der Waals surface area contributed by atoms with Crippen LogP contribution in [-0.2, 0) is 5.41 Å². The Morgan fingerprint density at radius 2 is 1.03 bits per heavy atom. The summed E-state index contributed by atoms with van der Waals surface area (Å²) >= 11 is 0. The third-order valence-corrected chi connectivity index (χ3v) is 12.1. The van der Waals surface area contributed by atoms with Crippen molar-refractivity contribution in [1.29, 1.82) is 0 Å². The van der Waals surface area contributed by atoms with Crippen LogP contribution in [0.15, 0.2) is 231 Å². The summed E-state index contributed by atoms with van der Waals surface area (Å²) in [4.78, 5) is 2.40. The minimum absolute atomic E-state index is 0.502. The van der Waals surface area contributed by atoms with Crippen molar-refractivity contribution in [3.05, 3.63) is 258 Å². The second kappa shape index (κ2) is 14.0. The molecule has 0 fully saturated rings. The van der Waals surface area contributed by atoms with Gasteiger partial charge >= 0.3 is 0 Å². The fourth-order valence-electron chi connectivity index (χ4n) is 9.52. The van der Waals surface area contributed by atoms with Crippen molar-refractivity contribution in [2.75, 3.05) is 4.90 Å². The molecule has 58 heavy (non-hydrogen) atoms. The number of hydrogen-bond donors (Lipinski definition) is 0. The number of rotatable bonds is 7. The maximum atomic E-state index is 2.51. The molecule has 2 nitrogen and oxygen atoms in total. The van der Waals surface area contributed by atoms with Crippen molar-refractivity contribution in [2.45, 2.75) is 11.8 Å². The quantitative estimate of drug-likeness (QED) is 0.158. The summed E-state index contributed by atoms with van der Waals surface area (Å²) in [6.07, 6.45) is 11.9. The van der Waals surface area contributed by atoms with Gasteiger partial charge < -0.3 is 9.47 Å². The number of fused-ring (bicyclic) bond motifs is 5. The molecule has 1 aliphatic heterocycles. The van der Waals surface area contributed by atoms with E-state index in [9.17, 15) is 0 Å². The van der Waals surface area contributed by atoms with Crippen LogP contribution in [0.25, 0.3) is 44.2 Å². The molecule has 2 aliphatic rings. The third-order valence-electron chi connectivity index (χ3n) is 12.1. The normalized spacial score (nSPS) is 13.9. The topological polar surface area (TPSA) is 8.17 Å². The minimum atomic E-state index is -0.502. The number of anilines is 3. The number of allylic oxidation sites excluding steroid dienone is 6. The van der Waals surface area contributed by atoms with E-state index in [1.165, 1.54) is 72.0 Å². The van der Waals surface area contributed by atoms with Gasteiger partial charge in [-0.3, -0.25) is 0 Å². The first-order valence-corrected chi connectivity index (χ1v) is 20.2. The molecule has 0 saturated carbocycles. The largest absolute Gasteiger partial charge is 0.310 e. The smallest absolute Gasteiger partial charge is 0.0742 e. The first-order valence-electron chi connectivity index (χ1n) is 20.2. The van der Waals surface area contributed by atoms with Gasteiger partial charge in [-0.05, 0) is 99.5 Å². The van der Waals surface area contributed by atoms with Crippen molar-refractivity contribution in [2.24, 2.45) is 0 Å². The SMILES string of the molecule is C1=CCC=C(c2ccc(N(c3ccc(-c4ccccc4)cc3)c3ccc4c(c3)c3cccc5c3n4-c3ccccc3C5(c3ccccc3)c3ccccc3)cc2)C=C1. The molecule has 0 N–H and O–H groups in total. The molecule has 0 radical (unpaired) electrons. The second-order valence-electron chi connectivity index (χ2n) is 15.2. The van der Waals surface area contributed by atoms with Crippen LogP contribution in [0.4, 0.5) is 17.1 Å². The summed E-state index contributed by atoms with van der Waals surface area (Å²) in [6, 6.07) is 73.7. The van der Waals surface area contributed by atoms with Gasteiger partial charge in [0.2, 0.25) is 0 Å². The van der Waals surface area contributed by atoms with E-state index in [1.54, 1.807) is 0 Å². The number of benzene rings is 8. The van der Waals surface area contributed by atoms with Crippen molar-refractivity contribution in [1.82, 2.24) is 4.57 Å². The Hall–Kier alpha value is -7.42. The van der Waals surface area contributed by atoms with E-state index in [2.05, 4.69) is 240 Å². The summed E-state index contributed by atoms with van der Waals surface area (Å²) in [5.41, 5.74) is 16.5. The predicted octanol–water partition coefficient (Wildman–Crippen LogP) is 14.5. The molecule has 9 aromatic rings. The molecule has 0 saturated heterocycles. The number of para-hydroxylation sites is 2. The van der Waals surface area contributed by atoms with E-state index in [-0.39, 0.29) is 0 Å². The van der Waals surface area contributed by atoms with Crippen LogP contribution in [0.3, 0.4) is 0 Å². The molecule has 1 aliphatic carbocycles. The summed E-state index contributed by atoms with van der Waals surface area (Å²) in [5.74, 6) is 0. The molecule has 0 atom stereocenters. The Balaban J connectivity index is 1.13. The molecule has 0 unspecified atom stereocenters. The Kier molecular flexibility index (Phi) is 8.15. The highest BCUT2D eigenvalue weighted by Gasteiger charge is 2.45. The molecule has 0 amide bonds. The number of aromatic nitrogens is 1. The number of hydrogen-bond acceptors (Lipinski definition) is 1. The number of nitrogens with zero attached hydrogens (tertiary/aromatic N) is 2. The van der Waals surface area contributed by atoms with Crippen molar-refractivity contribution in [3.63, 3.8) is 0 Å². The molecule has 2 heteroatoms. The lowest BCUT2D eigenvalue weighted by Crippen LogP contribution is -2.35. The summed E-state index contributed by atoms with van der Waals surface area (Å²) in [7, 11) is 0. The molecule has 0 spiro atoms. The van der Waals surface area contributed by atoms with Crippen molar-refractivity contribution < 1.29 is 0 Å². The standard InChI is InChI=1S/C56H40N2/c1-2-7-18-40(17-6-1)42-29-33-46(34-30-42)57(47-35-31-43(32-36-47)41-19-8-3-9-20-41)48-37-38-53-50(39-48)49-25-16-27-52-55(49)58(53)54-28-15-14-26-51(54)56(52,44-21-10-4-11-22-44)45-23-12-5-13-24-45/h1-6,8-39H,7H2. The molecular weight excluding hydrogens is 701 g/mol. The van der Waals surface area contributed by atoms with Crippen LogP contribution in [0.1, 0.15) is 34.2 Å². The molecule has 1 aromatic heterocycles. The molecule has 2 heterocycles. The van der Waals surface area contributed by atoms with E-state index in [0.717, 1.165) is 23.5 Å². The zero-order valence-corrected chi connectivity index (χ0v) is 32.0. The van der Waals surface area contributed by atoms with E-state index < -0.39 is 5.41 Å². The van der Waals surface area contributed by atoms with Crippen LogP contribution in [0.5, 0.6) is 0 Å². The first kappa shape index (κ1) is 33.9. The van der Waals surface area contributed by atoms with E-state index in [1.807, 2.05) is 0 Å². The predicted molar refractivity (Wildman–Crippen MR) is 244 cm³/mol. The highest BCUT2D eigenvalue weighted by Crippen LogP contribution is 2.54. The summed E-state index contributed by atoms with van der Waals surface area (Å²) < 4.78 is 2.51. The highest BCUT2D eigenvalue weighted by atomic mass is 15.1. The van der Waals surface area contributed by atoms with Gasteiger partial charge in [-0.15, -0.1) is 0 Å². The van der Waals surface area contributed by atoms with Crippen LogP contribution in [-0.4, -0.2) is 4.57 Å². The molecule has 0 bridgehead atoms. The average molecular weight is 741 g/mol. The Morgan fingerprint density at radius 3 is 1.74 bits per heavy atom. The fourth-order valence-corrected chi connectivity index (χ4v) is 9.52. The lowest BCUT2D eigenvalue weighted by molar-refractivity contribution is 0.728. The first-order chi connectivity index (χ1) is 28.8. The zero-order chi connectivity index (χ0) is 38.5. The Labute approximate surface area is 339 Å². The van der Waals surface area contributed by atoms with Gasteiger partial charge in [0.1, 0.15) is 0 Å². The molecule has 11 rings (SSSR count). The molecular formula is C56H40N2. The second-order valence-corrected chi connectivity index (χ2v) is 15.2. The van der Waals surface area contributed by atoms with E-state index >= 15 is 0 Å². The zero-order valence-electron chi connectivity index (χ0n) is 32.0. The van der Waals surface area contributed by atoms with Gasteiger partial charge in [-0.2, -0.15) is 0 Å². The van der Waals surface area contributed by atoms with Crippen LogP contribution in [0.2, 0.25) is 0 Å². The average Bonchev–Trinajstić information content (AvgIpc) is 3.41.